The monoisotopic (exact) mass is 384 g/mol. The van der Waals surface area contributed by atoms with Crippen LogP contribution in [0.3, 0.4) is 0 Å². The molecule has 23 heavy (non-hydrogen) atoms. The molecular weight excluding hydrogens is 359 g/mol. The predicted molar refractivity (Wildman–Crippen MR) is 99.3 cm³/mol. The Morgan fingerprint density at radius 1 is 0.826 bits per heavy atom. The van der Waals surface area contributed by atoms with Gasteiger partial charge in [0.05, 0.1) is 0 Å². The van der Waals surface area contributed by atoms with Gasteiger partial charge in [0.2, 0.25) is 0 Å². The molecule has 0 unspecified atom stereocenters. The molecule has 0 aliphatic heterocycles. The standard InChI is InChI=1S/2C9H11.C2H4.2ClH.Ti/c2*1-2-5-9-7-3-6-8(9)4-1;1-2;;;/h2*6H,1-2,4-5,7H2;1H,2H3;2*1H;/q2*-1;;;;+2/p-2. The number of halogens is 2. The second-order valence-electron chi connectivity index (χ2n) is 6.30. The zero-order chi connectivity index (χ0) is 16.5. The topological polar surface area (TPSA) is 0 Å². The third-order valence-electron chi connectivity index (χ3n) is 4.66. The summed E-state index contributed by atoms with van der Waals surface area (Å²) in [6.45, 7) is 1.88. The molecule has 0 aromatic rings. The Labute approximate surface area is 155 Å². The van der Waals surface area contributed by atoms with Gasteiger partial charge in [0, 0.05) is 0 Å². The van der Waals surface area contributed by atoms with Crippen LogP contribution in [-0.4, -0.2) is 4.31 Å². The van der Waals surface area contributed by atoms with Gasteiger partial charge in [0.1, 0.15) is 0 Å². The molecule has 0 amide bonds. The van der Waals surface area contributed by atoms with Gasteiger partial charge in [-0.2, -0.15) is 22.3 Å². The van der Waals surface area contributed by atoms with Crippen molar-refractivity contribution >= 4 is 22.9 Å². The van der Waals surface area contributed by atoms with E-state index in [1.807, 2.05) is 11.2 Å². The van der Waals surface area contributed by atoms with Gasteiger partial charge in [-0.3, -0.25) is 12.2 Å². The maximum atomic E-state index is 5.34. The first kappa shape index (κ1) is 19.4. The van der Waals surface area contributed by atoms with Crippen molar-refractivity contribution in [3.8, 4) is 0 Å². The second kappa shape index (κ2) is 10.9. The maximum absolute atomic E-state index is 5.34. The van der Waals surface area contributed by atoms with Crippen molar-refractivity contribution in [3.05, 3.63) is 46.6 Å². The first-order valence-electron chi connectivity index (χ1n) is 8.73. The molecule has 0 nitrogen and oxygen atoms in total. The predicted octanol–water partition coefficient (Wildman–Crippen LogP) is 6.97. The second-order valence-corrected chi connectivity index (χ2v) is 12.3. The number of hydrogen-bond donors (Lipinski definition) is 0. The average Bonchev–Trinajstić information content (AvgIpc) is 3.24. The molecule has 0 aromatic carbocycles. The van der Waals surface area contributed by atoms with Crippen molar-refractivity contribution < 1.29 is 15.3 Å². The molecule has 3 heteroatoms. The van der Waals surface area contributed by atoms with E-state index in [0.717, 1.165) is 12.8 Å². The van der Waals surface area contributed by atoms with Crippen LogP contribution in [0.2, 0.25) is 0 Å². The molecule has 0 atom stereocenters. The summed E-state index contributed by atoms with van der Waals surface area (Å²) < 4.78 is 1.86. The van der Waals surface area contributed by atoms with Gasteiger partial charge in [-0.1, -0.05) is 38.5 Å². The summed E-state index contributed by atoms with van der Waals surface area (Å²) >= 11 is -1.54. The van der Waals surface area contributed by atoms with E-state index in [4.69, 9.17) is 18.6 Å². The van der Waals surface area contributed by atoms with E-state index in [0.29, 0.717) is 0 Å². The third kappa shape index (κ3) is 6.87. The molecule has 0 bridgehead atoms. The van der Waals surface area contributed by atoms with Crippen LogP contribution in [0.15, 0.2) is 34.4 Å². The molecular formula is C20H26Cl2Ti-2. The molecule has 126 valence electrons. The van der Waals surface area contributed by atoms with E-state index in [1.54, 1.807) is 22.3 Å². The number of hydrogen-bond acceptors (Lipinski definition) is 0. The van der Waals surface area contributed by atoms with Crippen LogP contribution in [0.4, 0.5) is 0 Å². The van der Waals surface area contributed by atoms with Crippen molar-refractivity contribution in [1.82, 2.24) is 0 Å². The normalized spacial score (nSPS) is 21.0. The Kier molecular flexibility index (Phi) is 9.20. The number of rotatable bonds is 0. The fraction of sp³-hybridized carbons (Fsp3) is 0.550. The van der Waals surface area contributed by atoms with Crippen molar-refractivity contribution in [3.63, 3.8) is 0 Å². The van der Waals surface area contributed by atoms with E-state index in [-0.39, 0.29) is 0 Å². The summed E-state index contributed by atoms with van der Waals surface area (Å²) in [7, 11) is 10.7. The van der Waals surface area contributed by atoms with E-state index in [2.05, 4.69) is 24.3 Å². The van der Waals surface area contributed by atoms with Gasteiger partial charge in [0.25, 0.3) is 0 Å². The minimum atomic E-state index is -1.54. The molecule has 0 N–H and O–H groups in total. The van der Waals surface area contributed by atoms with E-state index >= 15 is 0 Å². The largest absolute Gasteiger partial charge is 0.272 e. The van der Waals surface area contributed by atoms with Gasteiger partial charge in [0.15, 0.2) is 0 Å². The summed E-state index contributed by atoms with van der Waals surface area (Å²) in [4.78, 5) is 0. The summed E-state index contributed by atoms with van der Waals surface area (Å²) in [5.74, 6) is 0. The molecule has 4 rings (SSSR count). The fourth-order valence-electron chi connectivity index (χ4n) is 3.33. The smallest absolute Gasteiger partial charge is 0.0492 e. The zero-order valence-electron chi connectivity index (χ0n) is 14.1. The van der Waals surface area contributed by atoms with E-state index in [9.17, 15) is 0 Å². The van der Waals surface area contributed by atoms with Crippen molar-refractivity contribution in [1.29, 1.82) is 0 Å². The molecule has 0 heterocycles. The Morgan fingerprint density at radius 2 is 1.22 bits per heavy atom. The molecule has 4 aliphatic rings. The molecule has 0 radical (unpaired) electrons. The van der Waals surface area contributed by atoms with Crippen molar-refractivity contribution in [2.24, 2.45) is 0 Å². The van der Waals surface area contributed by atoms with Gasteiger partial charge in [-0.15, -0.1) is 12.8 Å². The van der Waals surface area contributed by atoms with Crippen LogP contribution in [0.1, 0.15) is 71.1 Å². The Balaban J connectivity index is 0.000000132. The maximum Gasteiger partial charge on any atom is -0.0492 e. The summed E-state index contributed by atoms with van der Waals surface area (Å²) in [6, 6.07) is 0. The van der Waals surface area contributed by atoms with Crippen molar-refractivity contribution in [2.75, 3.05) is 0 Å². The van der Waals surface area contributed by atoms with Crippen LogP contribution in [0.5, 0.6) is 0 Å². The summed E-state index contributed by atoms with van der Waals surface area (Å²) in [5, 5.41) is 0. The minimum absolute atomic E-state index is 1.13. The van der Waals surface area contributed by atoms with Gasteiger partial charge >= 0.3 is 45.1 Å². The Bertz CT molecular complexity index is 504. The van der Waals surface area contributed by atoms with Gasteiger partial charge in [-0.25, -0.2) is 12.2 Å². The molecule has 0 fully saturated rings. The minimum Gasteiger partial charge on any atom is -0.272 e. The van der Waals surface area contributed by atoms with Crippen LogP contribution >= 0.6 is 18.6 Å². The Hall–Kier alpha value is 0.124. The fourth-order valence-corrected chi connectivity index (χ4v) is 3.33. The van der Waals surface area contributed by atoms with Crippen molar-refractivity contribution in [2.45, 2.75) is 71.1 Å². The zero-order valence-corrected chi connectivity index (χ0v) is 17.1. The number of allylic oxidation sites excluding steroid dienone is 8. The van der Waals surface area contributed by atoms with Gasteiger partial charge < -0.3 is 0 Å². The van der Waals surface area contributed by atoms with Crippen LogP contribution in [-0.2, 0) is 15.3 Å². The molecule has 4 aliphatic carbocycles. The van der Waals surface area contributed by atoms with Crippen LogP contribution in [0.25, 0.3) is 0 Å². The summed E-state index contributed by atoms with van der Waals surface area (Å²) in [6.07, 6.45) is 24.1. The van der Waals surface area contributed by atoms with Crippen LogP contribution in [0, 0.1) is 12.2 Å². The van der Waals surface area contributed by atoms with Gasteiger partial charge in [-0.05, 0) is 12.8 Å². The van der Waals surface area contributed by atoms with E-state index in [1.165, 1.54) is 51.4 Å². The average molecular weight is 385 g/mol. The Morgan fingerprint density at radius 3 is 1.57 bits per heavy atom. The van der Waals surface area contributed by atoms with Crippen LogP contribution < -0.4 is 0 Å². The SMILES string of the molecule is C[CH]=[Ti]([Cl])[Cl].[C-]1=CC2=C(C1)CCCC2.[C-]1=CC2=C(C1)CCCC2. The molecule has 0 saturated carbocycles. The first-order chi connectivity index (χ1) is 11.2. The summed E-state index contributed by atoms with van der Waals surface area (Å²) in [5.41, 5.74) is 6.53. The molecule has 0 saturated heterocycles. The quantitative estimate of drug-likeness (QED) is 0.312. The molecule has 0 spiro atoms. The first-order valence-corrected chi connectivity index (χ1v) is 13.9. The molecule has 0 aromatic heterocycles. The third-order valence-corrected chi connectivity index (χ3v) is 7.14. The van der Waals surface area contributed by atoms with E-state index < -0.39 is 15.3 Å².